The lowest BCUT2D eigenvalue weighted by Crippen LogP contribution is -1.93. The van der Waals surface area contributed by atoms with Crippen molar-refractivity contribution in [2.24, 2.45) is 5.92 Å². The second-order valence-corrected chi connectivity index (χ2v) is 4.44. The second kappa shape index (κ2) is 4.13. The van der Waals surface area contributed by atoms with Crippen LogP contribution in [-0.2, 0) is 4.79 Å². The molecular formula is C15H13NO. The number of aromatic nitrogens is 1. The molecule has 17 heavy (non-hydrogen) atoms. The lowest BCUT2D eigenvalue weighted by molar-refractivity contribution is -0.115. The summed E-state index contributed by atoms with van der Waals surface area (Å²) in [5.41, 5.74) is 1.81. The molecule has 1 aromatic carbocycles. The summed E-state index contributed by atoms with van der Waals surface area (Å²) in [5, 5.41) is 1.12. The molecule has 0 atom stereocenters. The highest BCUT2D eigenvalue weighted by molar-refractivity contribution is 5.96. The smallest absolute Gasteiger partial charge is 0.158 e. The van der Waals surface area contributed by atoms with Gasteiger partial charge < -0.3 is 0 Å². The number of fused-ring (bicyclic) bond motifs is 1. The van der Waals surface area contributed by atoms with Crippen molar-refractivity contribution in [2.75, 3.05) is 0 Å². The molecule has 0 radical (unpaired) electrons. The number of ketones is 1. The first kappa shape index (κ1) is 10.2. The van der Waals surface area contributed by atoms with Gasteiger partial charge in [0.25, 0.3) is 0 Å². The summed E-state index contributed by atoms with van der Waals surface area (Å²) < 4.78 is 0. The van der Waals surface area contributed by atoms with E-state index in [0.717, 1.165) is 29.4 Å². The van der Waals surface area contributed by atoms with Crippen molar-refractivity contribution in [1.82, 2.24) is 4.98 Å². The van der Waals surface area contributed by atoms with Gasteiger partial charge in [0.05, 0.1) is 11.2 Å². The highest BCUT2D eigenvalue weighted by atomic mass is 16.1. The fourth-order valence-corrected chi connectivity index (χ4v) is 1.85. The van der Waals surface area contributed by atoms with Crippen molar-refractivity contribution in [3.05, 3.63) is 48.2 Å². The van der Waals surface area contributed by atoms with Gasteiger partial charge in [0.2, 0.25) is 0 Å². The van der Waals surface area contributed by atoms with Crippen LogP contribution in [0, 0.1) is 5.92 Å². The Labute approximate surface area is 100.0 Å². The van der Waals surface area contributed by atoms with Crippen LogP contribution in [0.4, 0.5) is 0 Å². The van der Waals surface area contributed by atoms with E-state index in [0.29, 0.717) is 0 Å². The van der Waals surface area contributed by atoms with Crippen LogP contribution < -0.4 is 0 Å². The topological polar surface area (TPSA) is 30.0 Å². The molecule has 0 spiro atoms. The van der Waals surface area contributed by atoms with Gasteiger partial charge >= 0.3 is 0 Å². The maximum absolute atomic E-state index is 11.5. The van der Waals surface area contributed by atoms with Gasteiger partial charge in [0, 0.05) is 11.3 Å². The molecule has 0 unspecified atom stereocenters. The number of rotatable bonds is 3. The summed E-state index contributed by atoms with van der Waals surface area (Å²) in [6.45, 7) is 0. The van der Waals surface area contributed by atoms with Gasteiger partial charge in [-0.15, -0.1) is 0 Å². The van der Waals surface area contributed by atoms with Crippen LogP contribution in [0.3, 0.4) is 0 Å². The number of allylic oxidation sites excluding steroid dienone is 1. The molecule has 2 nitrogen and oxygen atoms in total. The Kier molecular flexibility index (Phi) is 2.48. The van der Waals surface area contributed by atoms with E-state index in [9.17, 15) is 4.79 Å². The van der Waals surface area contributed by atoms with E-state index in [1.54, 1.807) is 6.08 Å². The first-order chi connectivity index (χ1) is 8.33. The van der Waals surface area contributed by atoms with E-state index in [1.807, 2.05) is 42.5 Å². The average molecular weight is 223 g/mol. The second-order valence-electron chi connectivity index (χ2n) is 4.44. The largest absolute Gasteiger partial charge is 0.295 e. The van der Waals surface area contributed by atoms with Crippen LogP contribution in [0.1, 0.15) is 18.5 Å². The zero-order chi connectivity index (χ0) is 11.7. The van der Waals surface area contributed by atoms with Gasteiger partial charge in [0.1, 0.15) is 0 Å². The normalized spacial score (nSPS) is 15.5. The lowest BCUT2D eigenvalue weighted by Gasteiger charge is -1.98. The average Bonchev–Trinajstić information content (AvgIpc) is 3.20. The standard InChI is InChI=1S/C15H13NO/c17-15(12-5-6-12)10-9-13-8-7-11-3-1-2-4-14(11)16-13/h1-4,7-10,12H,5-6H2/b10-9+. The molecule has 1 aliphatic carbocycles. The van der Waals surface area contributed by atoms with Crippen molar-refractivity contribution in [3.63, 3.8) is 0 Å². The summed E-state index contributed by atoms with van der Waals surface area (Å²) >= 11 is 0. The minimum Gasteiger partial charge on any atom is -0.295 e. The summed E-state index contributed by atoms with van der Waals surface area (Å²) in [6, 6.07) is 12.0. The van der Waals surface area contributed by atoms with Crippen LogP contribution in [-0.4, -0.2) is 10.8 Å². The highest BCUT2D eigenvalue weighted by Gasteiger charge is 2.27. The van der Waals surface area contributed by atoms with Gasteiger partial charge in [-0.3, -0.25) is 4.79 Å². The Balaban J connectivity index is 1.87. The number of carbonyl (C=O) groups is 1. The quantitative estimate of drug-likeness (QED) is 0.748. The predicted molar refractivity (Wildman–Crippen MR) is 68.5 cm³/mol. The molecule has 2 aromatic rings. The van der Waals surface area contributed by atoms with E-state index in [-0.39, 0.29) is 11.7 Å². The van der Waals surface area contributed by atoms with E-state index in [4.69, 9.17) is 0 Å². The first-order valence-corrected chi connectivity index (χ1v) is 5.91. The summed E-state index contributed by atoms with van der Waals surface area (Å²) in [4.78, 5) is 16.0. The number of hydrogen-bond donors (Lipinski definition) is 0. The van der Waals surface area contributed by atoms with E-state index in [1.165, 1.54) is 0 Å². The zero-order valence-electron chi connectivity index (χ0n) is 9.47. The molecule has 1 saturated carbocycles. The van der Waals surface area contributed by atoms with E-state index < -0.39 is 0 Å². The highest BCUT2D eigenvalue weighted by Crippen LogP contribution is 2.30. The number of para-hydroxylation sites is 1. The Hall–Kier alpha value is -1.96. The van der Waals surface area contributed by atoms with Crippen molar-refractivity contribution >= 4 is 22.8 Å². The number of nitrogens with zero attached hydrogens (tertiary/aromatic N) is 1. The van der Waals surface area contributed by atoms with Gasteiger partial charge in [-0.25, -0.2) is 4.98 Å². The molecule has 0 N–H and O–H groups in total. The fraction of sp³-hybridized carbons (Fsp3) is 0.200. The molecule has 1 fully saturated rings. The zero-order valence-corrected chi connectivity index (χ0v) is 9.47. The van der Waals surface area contributed by atoms with Gasteiger partial charge in [-0.05, 0) is 37.1 Å². The number of benzene rings is 1. The summed E-state index contributed by atoms with van der Waals surface area (Å²) in [7, 11) is 0. The number of carbonyl (C=O) groups excluding carboxylic acids is 1. The Morgan fingerprint density at radius 3 is 2.82 bits per heavy atom. The molecule has 1 aliphatic rings. The molecule has 0 saturated heterocycles. The molecule has 0 bridgehead atoms. The third-order valence-electron chi connectivity index (χ3n) is 3.02. The third-order valence-corrected chi connectivity index (χ3v) is 3.02. The predicted octanol–water partition coefficient (Wildman–Crippen LogP) is 3.23. The Morgan fingerprint density at radius 2 is 2.00 bits per heavy atom. The monoisotopic (exact) mass is 223 g/mol. The maximum Gasteiger partial charge on any atom is 0.158 e. The van der Waals surface area contributed by atoms with E-state index in [2.05, 4.69) is 4.98 Å². The number of pyridine rings is 1. The molecule has 84 valence electrons. The third kappa shape index (κ3) is 2.26. The fourth-order valence-electron chi connectivity index (χ4n) is 1.85. The van der Waals surface area contributed by atoms with E-state index >= 15 is 0 Å². The van der Waals surface area contributed by atoms with Gasteiger partial charge in [0.15, 0.2) is 5.78 Å². The molecule has 0 aliphatic heterocycles. The van der Waals surface area contributed by atoms with Crippen molar-refractivity contribution in [1.29, 1.82) is 0 Å². The molecule has 0 amide bonds. The van der Waals surface area contributed by atoms with Crippen molar-refractivity contribution in [3.8, 4) is 0 Å². The summed E-state index contributed by atoms with van der Waals surface area (Å²) in [6.07, 6.45) is 5.57. The van der Waals surface area contributed by atoms with Crippen LogP contribution in [0.5, 0.6) is 0 Å². The Morgan fingerprint density at radius 1 is 1.18 bits per heavy atom. The minimum atomic E-state index is 0.236. The lowest BCUT2D eigenvalue weighted by atomic mass is 10.2. The molecular weight excluding hydrogens is 210 g/mol. The van der Waals surface area contributed by atoms with Crippen LogP contribution in [0.2, 0.25) is 0 Å². The van der Waals surface area contributed by atoms with Gasteiger partial charge in [-0.2, -0.15) is 0 Å². The SMILES string of the molecule is O=C(/C=C/c1ccc2ccccc2n1)C1CC1. The van der Waals surface area contributed by atoms with Crippen LogP contribution in [0.25, 0.3) is 17.0 Å². The van der Waals surface area contributed by atoms with Crippen LogP contribution in [0.15, 0.2) is 42.5 Å². The van der Waals surface area contributed by atoms with Crippen LogP contribution >= 0.6 is 0 Å². The molecule has 1 heterocycles. The minimum absolute atomic E-state index is 0.236. The molecule has 3 rings (SSSR count). The maximum atomic E-state index is 11.5. The molecule has 2 heteroatoms. The first-order valence-electron chi connectivity index (χ1n) is 5.91. The van der Waals surface area contributed by atoms with Crippen molar-refractivity contribution in [2.45, 2.75) is 12.8 Å². The Bertz CT molecular complexity index is 597. The summed E-state index contributed by atoms with van der Waals surface area (Å²) in [5.74, 6) is 0.520. The number of hydrogen-bond acceptors (Lipinski definition) is 2. The van der Waals surface area contributed by atoms with Gasteiger partial charge in [-0.1, -0.05) is 24.3 Å². The molecule has 1 aromatic heterocycles. The van der Waals surface area contributed by atoms with Crippen molar-refractivity contribution < 1.29 is 4.79 Å².